The van der Waals surface area contributed by atoms with E-state index in [2.05, 4.69) is 16.9 Å². The monoisotopic (exact) mass is 224 g/mol. The van der Waals surface area contributed by atoms with Crippen LogP contribution in [0.15, 0.2) is 9.98 Å². The summed E-state index contributed by atoms with van der Waals surface area (Å²) in [5.41, 5.74) is 0. The van der Waals surface area contributed by atoms with E-state index in [-0.39, 0.29) is 0 Å². The second-order valence-corrected chi connectivity index (χ2v) is 3.89. The van der Waals surface area contributed by atoms with Crippen molar-refractivity contribution in [1.29, 1.82) is 0 Å². The molecule has 0 aromatic heterocycles. The topological polar surface area (TPSA) is 58.9 Å². The van der Waals surface area contributed by atoms with E-state index in [1.54, 1.807) is 12.2 Å². The van der Waals surface area contributed by atoms with Crippen molar-refractivity contribution in [2.24, 2.45) is 15.9 Å². The highest BCUT2D eigenvalue weighted by atomic mass is 16.1. The molecule has 0 fully saturated rings. The summed E-state index contributed by atoms with van der Waals surface area (Å²) in [4.78, 5) is 26.9. The highest BCUT2D eigenvalue weighted by molar-refractivity contribution is 5.32. The van der Waals surface area contributed by atoms with Crippen molar-refractivity contribution in [2.45, 2.75) is 45.4 Å². The molecule has 0 aliphatic carbocycles. The van der Waals surface area contributed by atoms with Crippen LogP contribution < -0.4 is 0 Å². The Hall–Kier alpha value is -1.24. The maximum Gasteiger partial charge on any atom is 0.234 e. The fraction of sp³-hybridized carbons (Fsp3) is 0.833. The largest absolute Gasteiger partial charge is 0.234 e. The zero-order chi connectivity index (χ0) is 12.1. The maximum absolute atomic E-state index is 9.95. The summed E-state index contributed by atoms with van der Waals surface area (Å²) in [6.45, 7) is 3.29. The van der Waals surface area contributed by atoms with Gasteiger partial charge in [0.05, 0.1) is 13.1 Å². The molecule has 0 amide bonds. The van der Waals surface area contributed by atoms with Crippen molar-refractivity contribution in [3.63, 3.8) is 0 Å². The third-order valence-corrected chi connectivity index (χ3v) is 2.63. The lowest BCUT2D eigenvalue weighted by Gasteiger charge is -2.14. The van der Waals surface area contributed by atoms with Gasteiger partial charge in [0.2, 0.25) is 12.2 Å². The lowest BCUT2D eigenvalue weighted by molar-refractivity contribution is 0.402. The van der Waals surface area contributed by atoms with Crippen molar-refractivity contribution < 1.29 is 9.59 Å². The number of rotatable bonds is 10. The number of nitrogens with zero attached hydrogens (tertiary/aromatic N) is 2. The Balaban J connectivity index is 3.78. The van der Waals surface area contributed by atoms with E-state index in [0.717, 1.165) is 25.7 Å². The molecule has 1 unspecified atom stereocenters. The van der Waals surface area contributed by atoms with E-state index in [0.29, 0.717) is 19.0 Å². The number of hydrogen-bond donors (Lipinski definition) is 0. The van der Waals surface area contributed by atoms with Gasteiger partial charge in [0.15, 0.2) is 0 Å². The van der Waals surface area contributed by atoms with Crippen LogP contribution in [-0.2, 0) is 9.59 Å². The van der Waals surface area contributed by atoms with E-state index in [4.69, 9.17) is 0 Å². The molecule has 0 heterocycles. The lowest BCUT2D eigenvalue weighted by atomic mass is 9.93. The van der Waals surface area contributed by atoms with E-state index in [1.165, 1.54) is 12.8 Å². The van der Waals surface area contributed by atoms with E-state index >= 15 is 0 Å². The summed E-state index contributed by atoms with van der Waals surface area (Å²) in [6.07, 6.45) is 9.53. The lowest BCUT2D eigenvalue weighted by Crippen LogP contribution is -2.03. The van der Waals surface area contributed by atoms with Crippen LogP contribution in [0.2, 0.25) is 0 Å². The second-order valence-electron chi connectivity index (χ2n) is 3.89. The van der Waals surface area contributed by atoms with Crippen molar-refractivity contribution in [1.82, 2.24) is 0 Å². The summed E-state index contributed by atoms with van der Waals surface area (Å²) in [7, 11) is 0. The highest BCUT2D eigenvalue weighted by Crippen LogP contribution is 2.18. The van der Waals surface area contributed by atoms with Gasteiger partial charge < -0.3 is 0 Å². The summed E-state index contributed by atoms with van der Waals surface area (Å²) in [5.74, 6) is 0.582. The standard InChI is InChI=1S/C12H20N2O2/c1-2-3-5-12(7-9-14-11-16)6-4-8-13-10-15/h12H,2-9H2,1H3. The van der Waals surface area contributed by atoms with Gasteiger partial charge in [-0.1, -0.05) is 26.2 Å². The first kappa shape index (κ1) is 14.8. The molecule has 0 aromatic carbocycles. The Morgan fingerprint density at radius 2 is 1.56 bits per heavy atom. The van der Waals surface area contributed by atoms with Crippen molar-refractivity contribution in [3.8, 4) is 0 Å². The molecule has 0 aliphatic rings. The van der Waals surface area contributed by atoms with Gasteiger partial charge in [-0.2, -0.15) is 0 Å². The quantitative estimate of drug-likeness (QED) is 0.325. The molecule has 0 aliphatic heterocycles. The Kier molecular flexibility index (Phi) is 10.9. The first-order valence-electron chi connectivity index (χ1n) is 5.92. The molecule has 0 saturated carbocycles. The molecular formula is C12H20N2O2. The van der Waals surface area contributed by atoms with Crippen molar-refractivity contribution >= 4 is 12.2 Å². The number of carbonyl (C=O) groups excluding carboxylic acids is 2. The number of aliphatic imine (C=N–C) groups is 2. The van der Waals surface area contributed by atoms with Crippen LogP contribution in [0, 0.1) is 5.92 Å². The average molecular weight is 224 g/mol. The predicted octanol–water partition coefficient (Wildman–Crippen LogP) is 2.63. The van der Waals surface area contributed by atoms with Crippen LogP contribution in [0.5, 0.6) is 0 Å². The van der Waals surface area contributed by atoms with Crippen LogP contribution in [0.25, 0.3) is 0 Å². The molecule has 0 saturated heterocycles. The number of hydrogen-bond acceptors (Lipinski definition) is 4. The minimum absolute atomic E-state index is 0.559. The molecule has 16 heavy (non-hydrogen) atoms. The molecule has 0 rings (SSSR count). The molecule has 4 heteroatoms. The van der Waals surface area contributed by atoms with Gasteiger partial charge in [-0.15, -0.1) is 0 Å². The van der Waals surface area contributed by atoms with Crippen LogP contribution in [0.3, 0.4) is 0 Å². The Labute approximate surface area is 96.9 Å². The molecule has 0 N–H and O–H groups in total. The molecule has 4 nitrogen and oxygen atoms in total. The van der Waals surface area contributed by atoms with Gasteiger partial charge in [-0.25, -0.2) is 19.6 Å². The highest BCUT2D eigenvalue weighted by Gasteiger charge is 2.07. The van der Waals surface area contributed by atoms with Gasteiger partial charge in [0.1, 0.15) is 0 Å². The Morgan fingerprint density at radius 3 is 2.19 bits per heavy atom. The van der Waals surface area contributed by atoms with E-state index < -0.39 is 0 Å². The summed E-state index contributed by atoms with van der Waals surface area (Å²) in [5, 5.41) is 0. The third-order valence-electron chi connectivity index (χ3n) is 2.63. The predicted molar refractivity (Wildman–Crippen MR) is 62.8 cm³/mol. The normalized spacial score (nSPS) is 11.3. The van der Waals surface area contributed by atoms with Crippen molar-refractivity contribution in [2.75, 3.05) is 13.1 Å². The fourth-order valence-electron chi connectivity index (χ4n) is 1.72. The minimum Gasteiger partial charge on any atom is -0.211 e. The Morgan fingerprint density at radius 1 is 0.938 bits per heavy atom. The van der Waals surface area contributed by atoms with Gasteiger partial charge in [-0.3, -0.25) is 0 Å². The van der Waals surface area contributed by atoms with Gasteiger partial charge in [-0.05, 0) is 25.2 Å². The second kappa shape index (κ2) is 11.8. The molecular weight excluding hydrogens is 204 g/mol. The van der Waals surface area contributed by atoms with Crippen LogP contribution in [0.4, 0.5) is 0 Å². The van der Waals surface area contributed by atoms with E-state index in [1.807, 2.05) is 0 Å². The van der Waals surface area contributed by atoms with E-state index in [9.17, 15) is 9.59 Å². The number of unbranched alkanes of at least 4 members (excludes halogenated alkanes) is 1. The third kappa shape index (κ3) is 9.32. The molecule has 0 aromatic rings. The first-order chi connectivity index (χ1) is 7.85. The molecule has 0 bridgehead atoms. The number of isocyanates is 2. The van der Waals surface area contributed by atoms with Crippen molar-refractivity contribution in [3.05, 3.63) is 0 Å². The smallest absolute Gasteiger partial charge is 0.211 e. The zero-order valence-corrected chi connectivity index (χ0v) is 9.95. The molecule has 90 valence electrons. The summed E-state index contributed by atoms with van der Waals surface area (Å²) >= 11 is 0. The zero-order valence-electron chi connectivity index (χ0n) is 9.95. The Bertz CT molecular complexity index is 254. The van der Waals surface area contributed by atoms with Gasteiger partial charge in [0, 0.05) is 0 Å². The minimum atomic E-state index is 0.559. The van der Waals surface area contributed by atoms with Crippen LogP contribution in [0.1, 0.15) is 45.4 Å². The van der Waals surface area contributed by atoms with Gasteiger partial charge >= 0.3 is 0 Å². The van der Waals surface area contributed by atoms with Crippen LogP contribution >= 0.6 is 0 Å². The molecule has 1 atom stereocenters. The maximum atomic E-state index is 9.95. The SMILES string of the molecule is CCCCC(CCCN=C=O)CCN=C=O. The van der Waals surface area contributed by atoms with Crippen LogP contribution in [-0.4, -0.2) is 25.2 Å². The average Bonchev–Trinajstić information content (AvgIpc) is 2.31. The summed E-state index contributed by atoms with van der Waals surface area (Å²) in [6, 6.07) is 0. The van der Waals surface area contributed by atoms with Gasteiger partial charge in [0.25, 0.3) is 0 Å². The molecule has 0 spiro atoms. The first-order valence-corrected chi connectivity index (χ1v) is 5.92. The summed E-state index contributed by atoms with van der Waals surface area (Å²) < 4.78 is 0. The fourth-order valence-corrected chi connectivity index (χ4v) is 1.72. The molecule has 0 radical (unpaired) electrons.